The second-order valence-corrected chi connectivity index (χ2v) is 8.69. The van der Waals surface area contributed by atoms with Crippen LogP contribution in [0.5, 0.6) is 0 Å². The Morgan fingerprint density at radius 1 is 1.25 bits per heavy atom. The van der Waals surface area contributed by atoms with E-state index < -0.39 is 10.0 Å². The lowest BCUT2D eigenvalue weighted by Crippen LogP contribution is -2.51. The molecule has 8 heteroatoms. The summed E-state index contributed by atoms with van der Waals surface area (Å²) < 4.78 is 27.5. The number of hydrogen-bond donors (Lipinski definition) is 1. The van der Waals surface area contributed by atoms with E-state index in [2.05, 4.69) is 28.2 Å². The minimum Gasteiger partial charge on any atom is -0.355 e. The Hall–Kier alpha value is -0.960. The average Bonchev–Trinajstić information content (AvgIpc) is 2.55. The minimum atomic E-state index is -3.48. The molecule has 1 N–H and O–H groups in total. The maximum Gasteiger partial charge on any atom is 0.243 e. The van der Waals surface area contributed by atoms with E-state index in [0.29, 0.717) is 44.2 Å². The van der Waals surface area contributed by atoms with Gasteiger partial charge in [0.1, 0.15) is 0 Å². The monoisotopic (exact) mass is 417 g/mol. The number of carbonyl (C=O) groups is 1. The van der Waals surface area contributed by atoms with Crippen LogP contribution in [0.1, 0.15) is 19.8 Å². The van der Waals surface area contributed by atoms with E-state index in [0.717, 1.165) is 17.3 Å². The zero-order valence-electron chi connectivity index (χ0n) is 13.9. The smallest absolute Gasteiger partial charge is 0.243 e. The molecule has 0 saturated carbocycles. The highest BCUT2D eigenvalue weighted by atomic mass is 79.9. The maximum atomic E-state index is 12.7. The van der Waals surface area contributed by atoms with Crippen LogP contribution in [0.2, 0.25) is 0 Å². The quantitative estimate of drug-likeness (QED) is 0.684. The van der Waals surface area contributed by atoms with E-state index in [9.17, 15) is 13.2 Å². The van der Waals surface area contributed by atoms with Gasteiger partial charge in [-0.3, -0.25) is 9.69 Å². The molecule has 2 rings (SSSR count). The molecule has 1 aliphatic rings. The lowest BCUT2D eigenvalue weighted by molar-refractivity contribution is -0.122. The largest absolute Gasteiger partial charge is 0.355 e. The van der Waals surface area contributed by atoms with Crippen molar-refractivity contribution in [2.75, 3.05) is 39.3 Å². The number of piperazine rings is 1. The highest BCUT2D eigenvalue weighted by molar-refractivity contribution is 9.10. The summed E-state index contributed by atoms with van der Waals surface area (Å²) in [6.07, 6.45) is 2.02. The first-order valence-electron chi connectivity index (χ1n) is 8.18. The Bertz CT molecular complexity index is 658. The Morgan fingerprint density at radius 3 is 2.58 bits per heavy atom. The molecule has 1 fully saturated rings. The fraction of sp³-hybridized carbons (Fsp3) is 0.562. The van der Waals surface area contributed by atoms with Crippen molar-refractivity contribution in [1.82, 2.24) is 14.5 Å². The molecule has 0 unspecified atom stereocenters. The third-order valence-corrected chi connectivity index (χ3v) is 6.37. The third kappa shape index (κ3) is 5.27. The standard InChI is InChI=1S/C16H24BrN3O3S/c1-2-3-7-18-16(21)13-19-8-10-20(11-9-19)24(22,23)15-6-4-5-14(17)12-15/h4-6,12H,2-3,7-11,13H2,1H3,(H,18,21). The van der Waals surface area contributed by atoms with Crippen LogP contribution in [0.3, 0.4) is 0 Å². The zero-order valence-corrected chi connectivity index (χ0v) is 16.3. The van der Waals surface area contributed by atoms with Gasteiger partial charge in [-0.15, -0.1) is 0 Å². The molecule has 6 nitrogen and oxygen atoms in total. The van der Waals surface area contributed by atoms with Gasteiger partial charge in [0.15, 0.2) is 0 Å². The summed E-state index contributed by atoms with van der Waals surface area (Å²) in [5.41, 5.74) is 0. The van der Waals surface area contributed by atoms with E-state index >= 15 is 0 Å². The molecule has 0 bridgehead atoms. The van der Waals surface area contributed by atoms with Gasteiger partial charge in [0.2, 0.25) is 15.9 Å². The van der Waals surface area contributed by atoms with Gasteiger partial charge in [-0.1, -0.05) is 35.3 Å². The van der Waals surface area contributed by atoms with E-state index in [1.54, 1.807) is 24.3 Å². The number of rotatable bonds is 7. The fourth-order valence-corrected chi connectivity index (χ4v) is 4.59. The van der Waals surface area contributed by atoms with Gasteiger partial charge in [-0.2, -0.15) is 4.31 Å². The molecule has 134 valence electrons. The van der Waals surface area contributed by atoms with Crippen LogP contribution in [-0.2, 0) is 14.8 Å². The number of amides is 1. The summed E-state index contributed by atoms with van der Waals surface area (Å²) >= 11 is 3.31. The number of hydrogen-bond acceptors (Lipinski definition) is 4. The number of benzene rings is 1. The first kappa shape index (κ1) is 19.4. The molecule has 0 spiro atoms. The van der Waals surface area contributed by atoms with E-state index in [-0.39, 0.29) is 5.91 Å². The van der Waals surface area contributed by atoms with Gasteiger partial charge in [0.05, 0.1) is 11.4 Å². The molecule has 1 aromatic carbocycles. The molecule has 0 aliphatic carbocycles. The summed E-state index contributed by atoms with van der Waals surface area (Å²) in [6, 6.07) is 6.73. The van der Waals surface area contributed by atoms with E-state index in [1.807, 2.05) is 4.90 Å². The molecule has 1 heterocycles. The Balaban J connectivity index is 1.87. The summed E-state index contributed by atoms with van der Waals surface area (Å²) in [7, 11) is -3.48. The number of nitrogens with one attached hydrogen (secondary N) is 1. The zero-order chi connectivity index (χ0) is 17.6. The topological polar surface area (TPSA) is 69.7 Å². The van der Waals surface area contributed by atoms with Crippen LogP contribution in [-0.4, -0.2) is 62.8 Å². The summed E-state index contributed by atoms with van der Waals surface area (Å²) in [5, 5.41) is 2.89. The SMILES string of the molecule is CCCCNC(=O)CN1CCN(S(=O)(=O)c2cccc(Br)c2)CC1. The number of unbranched alkanes of at least 4 members (excludes halogenated alkanes) is 1. The Labute approximate surface area is 152 Å². The van der Waals surface area contributed by atoms with Crippen LogP contribution in [0.15, 0.2) is 33.6 Å². The first-order valence-corrected chi connectivity index (χ1v) is 10.4. The van der Waals surface area contributed by atoms with Crippen LogP contribution in [0.4, 0.5) is 0 Å². The number of sulfonamides is 1. The molecule has 0 radical (unpaired) electrons. The molecule has 0 aromatic heterocycles. The van der Waals surface area contributed by atoms with E-state index in [4.69, 9.17) is 0 Å². The van der Waals surface area contributed by atoms with Crippen molar-refractivity contribution in [2.24, 2.45) is 0 Å². The van der Waals surface area contributed by atoms with Gasteiger partial charge < -0.3 is 5.32 Å². The number of halogens is 1. The molecule has 1 amide bonds. The van der Waals surface area contributed by atoms with Crippen LogP contribution < -0.4 is 5.32 Å². The van der Waals surface area contributed by atoms with Crippen molar-refractivity contribution >= 4 is 31.9 Å². The van der Waals surface area contributed by atoms with Crippen molar-refractivity contribution in [1.29, 1.82) is 0 Å². The predicted molar refractivity (Wildman–Crippen MR) is 97.3 cm³/mol. The van der Waals surface area contributed by atoms with Gasteiger partial charge in [0, 0.05) is 37.2 Å². The minimum absolute atomic E-state index is 0.00625. The third-order valence-electron chi connectivity index (χ3n) is 3.98. The summed E-state index contributed by atoms with van der Waals surface area (Å²) in [4.78, 5) is 14.1. The molecule has 24 heavy (non-hydrogen) atoms. The van der Waals surface area contributed by atoms with Crippen LogP contribution in [0, 0.1) is 0 Å². The average molecular weight is 418 g/mol. The molecule has 1 aliphatic heterocycles. The molecule has 1 aromatic rings. The fourth-order valence-electron chi connectivity index (χ4n) is 2.57. The second-order valence-electron chi connectivity index (χ2n) is 5.84. The highest BCUT2D eigenvalue weighted by Crippen LogP contribution is 2.21. The van der Waals surface area contributed by atoms with E-state index in [1.165, 1.54) is 4.31 Å². The van der Waals surface area contributed by atoms with Crippen molar-refractivity contribution in [3.05, 3.63) is 28.7 Å². The van der Waals surface area contributed by atoms with Gasteiger partial charge in [-0.05, 0) is 24.6 Å². The normalized spacial score (nSPS) is 16.9. The van der Waals surface area contributed by atoms with Crippen molar-refractivity contribution in [2.45, 2.75) is 24.7 Å². The molecular formula is C16H24BrN3O3S. The second kappa shape index (κ2) is 8.94. The van der Waals surface area contributed by atoms with Gasteiger partial charge in [0.25, 0.3) is 0 Å². The molecular weight excluding hydrogens is 394 g/mol. The van der Waals surface area contributed by atoms with Gasteiger partial charge in [-0.25, -0.2) is 8.42 Å². The van der Waals surface area contributed by atoms with Crippen molar-refractivity contribution in [3.63, 3.8) is 0 Å². The van der Waals surface area contributed by atoms with Crippen LogP contribution >= 0.6 is 15.9 Å². The van der Waals surface area contributed by atoms with Crippen molar-refractivity contribution < 1.29 is 13.2 Å². The number of nitrogens with zero attached hydrogens (tertiary/aromatic N) is 2. The molecule has 0 atom stereocenters. The maximum absolute atomic E-state index is 12.7. The molecule has 1 saturated heterocycles. The first-order chi connectivity index (χ1) is 11.4. The van der Waals surface area contributed by atoms with Gasteiger partial charge >= 0.3 is 0 Å². The Kier molecular flexibility index (Phi) is 7.21. The predicted octanol–water partition coefficient (Wildman–Crippen LogP) is 1.67. The lowest BCUT2D eigenvalue weighted by atomic mass is 10.3. The summed E-state index contributed by atoms with van der Waals surface area (Å²) in [6.45, 7) is 5.04. The van der Waals surface area contributed by atoms with Crippen LogP contribution in [0.25, 0.3) is 0 Å². The Morgan fingerprint density at radius 2 is 1.96 bits per heavy atom. The summed E-state index contributed by atoms with van der Waals surface area (Å²) in [5.74, 6) is 0.00625. The van der Waals surface area contributed by atoms with Crippen molar-refractivity contribution in [3.8, 4) is 0 Å². The highest BCUT2D eigenvalue weighted by Gasteiger charge is 2.29. The lowest BCUT2D eigenvalue weighted by Gasteiger charge is -2.33. The number of carbonyl (C=O) groups excluding carboxylic acids is 1.